The minimum Gasteiger partial charge on any atom is -0.480 e. The fraction of sp³-hybridized carbons (Fsp3) is 0.750. The Morgan fingerprint density at radius 1 is 1.21 bits per heavy atom. The van der Waals surface area contributed by atoms with E-state index in [2.05, 4.69) is 10.6 Å². The maximum absolute atomic E-state index is 11.5. The van der Waals surface area contributed by atoms with Gasteiger partial charge in [0.2, 0.25) is 11.8 Å². The van der Waals surface area contributed by atoms with E-state index < -0.39 is 23.3 Å². The Hall–Kier alpha value is -1.63. The van der Waals surface area contributed by atoms with Gasteiger partial charge in [0.15, 0.2) is 0 Å². The van der Waals surface area contributed by atoms with E-state index >= 15 is 0 Å². The molecule has 0 aliphatic carbocycles. The van der Waals surface area contributed by atoms with Crippen molar-refractivity contribution in [1.82, 2.24) is 10.6 Å². The number of aliphatic hydroxyl groups excluding tert-OH is 1. The Labute approximate surface area is 112 Å². The molecule has 19 heavy (non-hydrogen) atoms. The first kappa shape index (κ1) is 17.4. The molecule has 7 heteroatoms. The van der Waals surface area contributed by atoms with Crippen LogP contribution in [0.15, 0.2) is 0 Å². The smallest absolute Gasteiger partial charge is 0.326 e. The maximum atomic E-state index is 11.5. The van der Waals surface area contributed by atoms with Crippen molar-refractivity contribution in [2.45, 2.75) is 39.7 Å². The third-order valence-corrected chi connectivity index (χ3v) is 2.37. The number of rotatable bonds is 7. The predicted molar refractivity (Wildman–Crippen MR) is 68.4 cm³/mol. The highest BCUT2D eigenvalue weighted by Crippen LogP contribution is 2.12. The predicted octanol–water partition coefficient (Wildman–Crippen LogP) is -0.509. The minimum absolute atomic E-state index is 0.00295. The number of carboxylic acids is 1. The van der Waals surface area contributed by atoms with Crippen LogP contribution in [-0.4, -0.2) is 47.2 Å². The summed E-state index contributed by atoms with van der Waals surface area (Å²) in [5.41, 5.74) is -0.531. The fourth-order valence-electron chi connectivity index (χ4n) is 1.21. The van der Waals surface area contributed by atoms with Crippen LogP contribution in [-0.2, 0) is 14.4 Å². The average molecular weight is 274 g/mol. The molecular weight excluding hydrogens is 252 g/mol. The van der Waals surface area contributed by atoms with Gasteiger partial charge in [0.1, 0.15) is 6.04 Å². The van der Waals surface area contributed by atoms with Gasteiger partial charge in [-0.15, -0.1) is 0 Å². The molecule has 0 aliphatic rings. The molecule has 4 N–H and O–H groups in total. The first-order chi connectivity index (χ1) is 8.68. The van der Waals surface area contributed by atoms with Gasteiger partial charge in [0.05, 0.1) is 0 Å². The van der Waals surface area contributed by atoms with Crippen LogP contribution in [0, 0.1) is 5.41 Å². The van der Waals surface area contributed by atoms with Gasteiger partial charge in [-0.25, -0.2) is 4.79 Å². The number of aliphatic carboxylic acids is 1. The number of nitrogens with one attached hydrogen (secondary N) is 2. The topological polar surface area (TPSA) is 116 Å². The second-order valence-corrected chi connectivity index (χ2v) is 5.23. The van der Waals surface area contributed by atoms with E-state index in [1.165, 1.54) is 0 Å². The van der Waals surface area contributed by atoms with Gasteiger partial charge in [-0.3, -0.25) is 9.59 Å². The summed E-state index contributed by atoms with van der Waals surface area (Å²) in [4.78, 5) is 33.7. The Kier molecular flexibility index (Phi) is 7.06. The highest BCUT2D eigenvalue weighted by atomic mass is 16.4. The largest absolute Gasteiger partial charge is 0.480 e. The van der Waals surface area contributed by atoms with Crippen LogP contribution in [0.4, 0.5) is 0 Å². The molecule has 0 aromatic heterocycles. The Balaban J connectivity index is 4.05. The third kappa shape index (κ3) is 7.40. The summed E-state index contributed by atoms with van der Waals surface area (Å²) >= 11 is 0. The molecule has 0 rings (SSSR count). The number of amides is 2. The Morgan fingerprint density at radius 2 is 1.79 bits per heavy atom. The summed E-state index contributed by atoms with van der Waals surface area (Å²) in [5.74, 6) is -1.85. The molecule has 110 valence electrons. The lowest BCUT2D eigenvalue weighted by atomic mass is 9.96. The molecule has 0 aromatic carbocycles. The summed E-state index contributed by atoms with van der Waals surface area (Å²) in [6, 6.07) is -1.10. The van der Waals surface area contributed by atoms with E-state index in [-0.39, 0.29) is 31.9 Å². The van der Waals surface area contributed by atoms with E-state index in [1.54, 1.807) is 20.8 Å². The average Bonchev–Trinajstić information content (AvgIpc) is 2.26. The summed E-state index contributed by atoms with van der Waals surface area (Å²) in [7, 11) is 0. The first-order valence-electron chi connectivity index (χ1n) is 6.09. The fourth-order valence-corrected chi connectivity index (χ4v) is 1.21. The van der Waals surface area contributed by atoms with E-state index in [9.17, 15) is 14.4 Å². The van der Waals surface area contributed by atoms with Crippen molar-refractivity contribution in [2.24, 2.45) is 5.41 Å². The Morgan fingerprint density at radius 3 is 2.21 bits per heavy atom. The maximum Gasteiger partial charge on any atom is 0.326 e. The van der Waals surface area contributed by atoms with Crippen LogP contribution in [0.5, 0.6) is 0 Å². The van der Waals surface area contributed by atoms with Crippen LogP contribution in [0.3, 0.4) is 0 Å². The van der Waals surface area contributed by atoms with E-state index in [1.807, 2.05) is 0 Å². The quantitative estimate of drug-likeness (QED) is 0.499. The van der Waals surface area contributed by atoms with Gasteiger partial charge in [0.25, 0.3) is 0 Å². The van der Waals surface area contributed by atoms with Crippen molar-refractivity contribution in [3.05, 3.63) is 0 Å². The van der Waals surface area contributed by atoms with Gasteiger partial charge >= 0.3 is 5.97 Å². The van der Waals surface area contributed by atoms with Crippen molar-refractivity contribution in [3.63, 3.8) is 0 Å². The van der Waals surface area contributed by atoms with E-state index in [4.69, 9.17) is 10.2 Å². The van der Waals surface area contributed by atoms with Gasteiger partial charge in [-0.1, -0.05) is 20.8 Å². The van der Waals surface area contributed by atoms with Crippen molar-refractivity contribution in [1.29, 1.82) is 0 Å². The molecule has 0 saturated carbocycles. The number of hydrogen-bond acceptors (Lipinski definition) is 4. The monoisotopic (exact) mass is 274 g/mol. The van der Waals surface area contributed by atoms with E-state index in [0.717, 1.165) is 0 Å². The van der Waals surface area contributed by atoms with Crippen LogP contribution in [0.25, 0.3) is 0 Å². The normalized spacial score (nSPS) is 12.6. The highest BCUT2D eigenvalue weighted by Gasteiger charge is 2.22. The lowest BCUT2D eigenvalue weighted by Gasteiger charge is -2.18. The zero-order chi connectivity index (χ0) is 15.1. The number of aliphatic hydroxyl groups is 1. The lowest BCUT2D eigenvalue weighted by Crippen LogP contribution is -2.43. The number of carbonyl (C=O) groups is 3. The second-order valence-electron chi connectivity index (χ2n) is 5.23. The van der Waals surface area contributed by atoms with Crippen LogP contribution in [0.1, 0.15) is 33.6 Å². The van der Waals surface area contributed by atoms with Gasteiger partial charge in [0, 0.05) is 31.4 Å². The van der Waals surface area contributed by atoms with Crippen molar-refractivity contribution >= 4 is 17.8 Å². The third-order valence-electron chi connectivity index (χ3n) is 2.37. The SMILES string of the molecule is CC(C)(C)C(=O)NCCC(=O)N[C@@H](CCO)C(=O)O. The molecule has 0 fully saturated rings. The van der Waals surface area contributed by atoms with E-state index in [0.29, 0.717) is 0 Å². The van der Waals surface area contributed by atoms with Gasteiger partial charge in [-0.2, -0.15) is 0 Å². The van der Waals surface area contributed by atoms with Gasteiger partial charge < -0.3 is 20.8 Å². The highest BCUT2D eigenvalue weighted by molar-refractivity contribution is 5.84. The number of carboxylic acid groups (broad SMARTS) is 1. The molecule has 7 nitrogen and oxygen atoms in total. The van der Waals surface area contributed by atoms with Gasteiger partial charge in [-0.05, 0) is 0 Å². The first-order valence-corrected chi connectivity index (χ1v) is 6.09. The number of hydrogen-bond donors (Lipinski definition) is 4. The van der Waals surface area contributed by atoms with Crippen LogP contribution in [0.2, 0.25) is 0 Å². The summed E-state index contributed by atoms with van der Waals surface area (Å²) in [6.07, 6.45) is -0.0492. The minimum atomic E-state index is -1.19. The lowest BCUT2D eigenvalue weighted by molar-refractivity contribution is -0.142. The zero-order valence-electron chi connectivity index (χ0n) is 11.5. The summed E-state index contributed by atoms with van der Waals surface area (Å²) in [6.45, 7) is 5.09. The molecule has 0 radical (unpaired) electrons. The zero-order valence-corrected chi connectivity index (χ0v) is 11.5. The molecule has 0 saturated heterocycles. The summed E-state index contributed by atoms with van der Waals surface area (Å²) in [5, 5.41) is 22.3. The van der Waals surface area contributed by atoms with Crippen LogP contribution < -0.4 is 10.6 Å². The molecule has 0 heterocycles. The molecule has 0 bridgehead atoms. The van der Waals surface area contributed by atoms with Crippen molar-refractivity contribution < 1.29 is 24.6 Å². The summed E-state index contributed by atoms with van der Waals surface area (Å²) < 4.78 is 0. The number of carbonyl (C=O) groups excluding carboxylic acids is 2. The molecule has 0 unspecified atom stereocenters. The van der Waals surface area contributed by atoms with Crippen LogP contribution >= 0.6 is 0 Å². The molecule has 1 atom stereocenters. The molecule has 0 spiro atoms. The molecular formula is C12H22N2O5. The molecule has 0 aromatic rings. The van der Waals surface area contributed by atoms with Crippen molar-refractivity contribution in [3.8, 4) is 0 Å². The standard InChI is InChI=1S/C12H22N2O5/c1-12(2,3)11(19)13-6-4-9(16)14-8(5-7-15)10(17)18/h8,15H,4-7H2,1-3H3,(H,13,19)(H,14,16)(H,17,18)/t8-/m0/s1. The second kappa shape index (κ2) is 7.73. The molecule has 0 aliphatic heterocycles. The van der Waals surface area contributed by atoms with Crippen molar-refractivity contribution in [2.75, 3.05) is 13.2 Å². The Bertz CT molecular complexity index is 336. The molecule has 2 amide bonds.